The number of rotatable bonds is 6. The minimum Gasteiger partial charge on any atom is -0.493 e. The number of thioether (sulfide) groups is 1. The van der Waals surface area contributed by atoms with Crippen molar-refractivity contribution in [2.75, 3.05) is 13.7 Å². The van der Waals surface area contributed by atoms with E-state index < -0.39 is 11.1 Å². The molecule has 0 bridgehead atoms. The van der Waals surface area contributed by atoms with Crippen LogP contribution in [0.3, 0.4) is 0 Å². The Morgan fingerprint density at radius 2 is 2.10 bits per heavy atom. The molecule has 2 amide bonds. The smallest absolute Gasteiger partial charge is 0.294 e. The average molecular weight is 432 g/mol. The molecule has 2 aromatic rings. The first-order valence-electron chi connectivity index (χ1n) is 8.36. The number of carbonyl (C=O) groups is 2. The van der Waals surface area contributed by atoms with Crippen LogP contribution in [0.2, 0.25) is 5.02 Å². The van der Waals surface area contributed by atoms with Crippen LogP contribution < -0.4 is 9.47 Å². The van der Waals surface area contributed by atoms with Crippen LogP contribution in [0.5, 0.6) is 11.5 Å². The number of amides is 2. The summed E-state index contributed by atoms with van der Waals surface area (Å²) >= 11 is 7.14. The predicted molar refractivity (Wildman–Crippen MR) is 110 cm³/mol. The number of terminal acetylenes is 1. The van der Waals surface area contributed by atoms with E-state index >= 15 is 0 Å². The van der Waals surface area contributed by atoms with Gasteiger partial charge in [-0.05, 0) is 53.2 Å². The van der Waals surface area contributed by atoms with Crippen molar-refractivity contribution in [2.24, 2.45) is 0 Å². The maximum Gasteiger partial charge on any atom is 0.294 e. The Morgan fingerprint density at radius 3 is 2.79 bits per heavy atom. The second-order valence-corrected chi connectivity index (χ2v) is 7.33. The summed E-state index contributed by atoms with van der Waals surface area (Å²) < 4.78 is 24.4. The number of hydrogen-bond acceptors (Lipinski definition) is 5. The molecule has 3 rings (SSSR count). The van der Waals surface area contributed by atoms with Crippen LogP contribution in [0.25, 0.3) is 6.08 Å². The Labute approximate surface area is 176 Å². The third-order valence-corrected chi connectivity index (χ3v) is 5.13. The highest BCUT2D eigenvalue weighted by atomic mass is 35.5. The van der Waals surface area contributed by atoms with Crippen LogP contribution >= 0.6 is 23.4 Å². The van der Waals surface area contributed by atoms with Crippen LogP contribution in [-0.4, -0.2) is 29.7 Å². The predicted octanol–water partition coefficient (Wildman–Crippen LogP) is 4.74. The van der Waals surface area contributed by atoms with Crippen LogP contribution in [-0.2, 0) is 11.4 Å². The Morgan fingerprint density at radius 1 is 1.31 bits per heavy atom. The van der Waals surface area contributed by atoms with E-state index in [2.05, 4.69) is 5.92 Å². The maximum absolute atomic E-state index is 13.3. The summed E-state index contributed by atoms with van der Waals surface area (Å²) in [5.41, 5.74) is 1.19. The van der Waals surface area contributed by atoms with E-state index in [1.165, 1.54) is 25.3 Å². The van der Waals surface area contributed by atoms with Crippen LogP contribution in [0.1, 0.15) is 11.1 Å². The van der Waals surface area contributed by atoms with Gasteiger partial charge in [-0.3, -0.25) is 14.5 Å². The van der Waals surface area contributed by atoms with Gasteiger partial charge in [-0.25, -0.2) is 4.39 Å². The van der Waals surface area contributed by atoms with Gasteiger partial charge in [-0.2, -0.15) is 0 Å². The van der Waals surface area contributed by atoms with E-state index in [-0.39, 0.29) is 34.6 Å². The van der Waals surface area contributed by atoms with E-state index in [1.54, 1.807) is 24.3 Å². The summed E-state index contributed by atoms with van der Waals surface area (Å²) in [4.78, 5) is 25.4. The number of nitrogens with zero attached hydrogens (tertiary/aromatic N) is 1. The molecule has 5 nitrogen and oxygen atoms in total. The molecule has 0 spiro atoms. The standard InChI is InChI=1S/C21H15ClFNO4S/c1-3-7-24-20(25)18(29-21(24)26)11-14-9-16(22)19(17(10-14)27-2)28-12-13-5-4-6-15(23)8-13/h1,4-6,8-11H,7,12H2,2H3/b18-11+. The molecule has 0 aromatic heterocycles. The molecular formula is C21H15ClFNO4S. The van der Waals surface area contributed by atoms with Crippen molar-refractivity contribution in [3.63, 3.8) is 0 Å². The highest BCUT2D eigenvalue weighted by Crippen LogP contribution is 2.39. The van der Waals surface area contributed by atoms with Crippen molar-refractivity contribution < 1.29 is 23.5 Å². The molecule has 1 fully saturated rings. The molecule has 1 aliphatic rings. The molecule has 1 aliphatic heterocycles. The fourth-order valence-electron chi connectivity index (χ4n) is 2.62. The zero-order valence-electron chi connectivity index (χ0n) is 15.3. The van der Waals surface area contributed by atoms with Crippen LogP contribution in [0.4, 0.5) is 9.18 Å². The van der Waals surface area contributed by atoms with Crippen molar-refractivity contribution in [3.8, 4) is 23.8 Å². The first-order valence-corrected chi connectivity index (χ1v) is 9.56. The molecule has 1 heterocycles. The van der Waals surface area contributed by atoms with Gasteiger partial charge >= 0.3 is 0 Å². The second-order valence-electron chi connectivity index (χ2n) is 5.92. The number of carbonyl (C=O) groups excluding carboxylic acids is 2. The summed E-state index contributed by atoms with van der Waals surface area (Å²) in [7, 11) is 1.45. The monoisotopic (exact) mass is 431 g/mol. The van der Waals surface area contributed by atoms with E-state index in [0.29, 0.717) is 16.9 Å². The van der Waals surface area contributed by atoms with Gasteiger partial charge in [0.05, 0.1) is 23.6 Å². The molecule has 2 aromatic carbocycles. The maximum atomic E-state index is 13.3. The van der Waals surface area contributed by atoms with Gasteiger partial charge in [-0.1, -0.05) is 29.7 Å². The fourth-order valence-corrected chi connectivity index (χ4v) is 3.74. The minimum absolute atomic E-state index is 0.0844. The van der Waals surface area contributed by atoms with E-state index in [0.717, 1.165) is 16.7 Å². The fraction of sp³-hybridized carbons (Fsp3) is 0.143. The van der Waals surface area contributed by atoms with Crippen molar-refractivity contribution in [1.29, 1.82) is 0 Å². The largest absolute Gasteiger partial charge is 0.493 e. The normalized spacial score (nSPS) is 15.0. The Balaban J connectivity index is 1.84. The number of benzene rings is 2. The van der Waals surface area contributed by atoms with Crippen molar-refractivity contribution in [1.82, 2.24) is 4.90 Å². The summed E-state index contributed by atoms with van der Waals surface area (Å²) in [6.07, 6.45) is 6.72. The number of ether oxygens (including phenoxy) is 2. The van der Waals surface area contributed by atoms with Gasteiger partial charge in [0.1, 0.15) is 12.4 Å². The van der Waals surface area contributed by atoms with Gasteiger partial charge in [0.15, 0.2) is 11.5 Å². The number of imide groups is 1. The zero-order valence-corrected chi connectivity index (χ0v) is 16.8. The van der Waals surface area contributed by atoms with Gasteiger partial charge in [0.25, 0.3) is 11.1 Å². The molecule has 0 aliphatic carbocycles. The SMILES string of the molecule is C#CCN1C(=O)S/C(=C/c2cc(Cl)c(OCc3cccc(F)c3)c(OC)c2)C1=O. The lowest BCUT2D eigenvalue weighted by atomic mass is 10.1. The lowest BCUT2D eigenvalue weighted by molar-refractivity contribution is -0.122. The van der Waals surface area contributed by atoms with E-state index in [9.17, 15) is 14.0 Å². The third-order valence-electron chi connectivity index (χ3n) is 3.94. The van der Waals surface area contributed by atoms with Gasteiger partial charge < -0.3 is 9.47 Å². The van der Waals surface area contributed by atoms with Crippen molar-refractivity contribution >= 4 is 40.6 Å². The first kappa shape index (κ1) is 20.8. The van der Waals surface area contributed by atoms with E-state index in [4.69, 9.17) is 27.5 Å². The molecule has 0 atom stereocenters. The molecule has 8 heteroatoms. The van der Waals surface area contributed by atoms with Gasteiger partial charge in [-0.15, -0.1) is 6.42 Å². The summed E-state index contributed by atoms with van der Waals surface area (Å²) in [6.45, 7) is 0.0110. The molecule has 0 radical (unpaired) electrons. The van der Waals surface area contributed by atoms with Crippen molar-refractivity contribution in [2.45, 2.75) is 6.61 Å². The third kappa shape index (κ3) is 4.73. The van der Waals surface area contributed by atoms with Crippen LogP contribution in [0.15, 0.2) is 41.3 Å². The molecule has 1 saturated heterocycles. The van der Waals surface area contributed by atoms with Gasteiger partial charge in [0.2, 0.25) is 0 Å². The minimum atomic E-state index is -0.459. The van der Waals surface area contributed by atoms with Crippen molar-refractivity contribution in [3.05, 3.63) is 63.3 Å². The molecule has 0 saturated carbocycles. The van der Waals surface area contributed by atoms with Gasteiger partial charge in [0, 0.05) is 0 Å². The molecule has 0 unspecified atom stereocenters. The average Bonchev–Trinajstić information content (AvgIpc) is 2.94. The number of halogens is 2. The summed E-state index contributed by atoms with van der Waals surface area (Å²) in [6, 6.07) is 9.23. The highest BCUT2D eigenvalue weighted by Gasteiger charge is 2.34. The topological polar surface area (TPSA) is 55.8 Å². The quantitative estimate of drug-likeness (QED) is 0.488. The summed E-state index contributed by atoms with van der Waals surface area (Å²) in [5.74, 6) is 2.09. The molecular weight excluding hydrogens is 417 g/mol. The lowest BCUT2D eigenvalue weighted by Crippen LogP contribution is -2.28. The highest BCUT2D eigenvalue weighted by molar-refractivity contribution is 8.18. The Bertz CT molecular complexity index is 1050. The second kappa shape index (κ2) is 9.03. The first-order chi connectivity index (χ1) is 13.9. The van der Waals surface area contributed by atoms with Crippen LogP contribution in [0, 0.1) is 18.2 Å². The molecule has 29 heavy (non-hydrogen) atoms. The molecule has 0 N–H and O–H groups in total. The number of hydrogen-bond donors (Lipinski definition) is 0. The number of methoxy groups -OCH3 is 1. The zero-order chi connectivity index (χ0) is 21.0. The lowest BCUT2D eigenvalue weighted by Gasteiger charge is -2.13. The van der Waals surface area contributed by atoms with E-state index in [1.807, 2.05) is 0 Å². The Kier molecular flexibility index (Phi) is 6.47. The molecule has 148 valence electrons. The summed E-state index contributed by atoms with van der Waals surface area (Å²) in [5, 5.41) is -0.179. The Hall–Kier alpha value is -2.95.